The van der Waals surface area contributed by atoms with Crippen LogP contribution in [0.2, 0.25) is 0 Å². The molecule has 2 amide bonds. The van der Waals surface area contributed by atoms with E-state index >= 15 is 0 Å². The number of hydrogen-bond donors (Lipinski definition) is 0. The van der Waals surface area contributed by atoms with Crippen molar-refractivity contribution in [1.29, 1.82) is 0 Å². The van der Waals surface area contributed by atoms with Gasteiger partial charge >= 0.3 is 0 Å². The van der Waals surface area contributed by atoms with Crippen LogP contribution in [0, 0.1) is 5.92 Å². The molecule has 3 rings (SSSR count). The summed E-state index contributed by atoms with van der Waals surface area (Å²) in [6, 6.07) is 3.87. The quantitative estimate of drug-likeness (QED) is 0.823. The molecule has 124 valence electrons. The lowest BCUT2D eigenvalue weighted by Crippen LogP contribution is -2.48. The number of aromatic nitrogens is 1. The van der Waals surface area contributed by atoms with Gasteiger partial charge in [0.1, 0.15) is 6.10 Å². The third kappa shape index (κ3) is 3.69. The monoisotopic (exact) mass is 317 g/mol. The maximum atomic E-state index is 12.8. The van der Waals surface area contributed by atoms with Crippen molar-refractivity contribution < 1.29 is 14.3 Å². The molecule has 2 saturated heterocycles. The van der Waals surface area contributed by atoms with E-state index in [0.29, 0.717) is 32.8 Å². The molecule has 0 bridgehead atoms. The summed E-state index contributed by atoms with van der Waals surface area (Å²) in [5, 5.41) is 0. The molecule has 6 heteroatoms. The zero-order valence-corrected chi connectivity index (χ0v) is 13.5. The Hall–Kier alpha value is -1.95. The minimum Gasteiger partial charge on any atom is -0.370 e. The zero-order valence-electron chi connectivity index (χ0n) is 13.5. The molecule has 1 aromatic rings. The number of nitrogens with zero attached hydrogens (tertiary/aromatic N) is 3. The maximum absolute atomic E-state index is 12.8. The molecule has 1 atom stereocenters. The van der Waals surface area contributed by atoms with E-state index < -0.39 is 0 Å². The Morgan fingerprint density at radius 1 is 1.13 bits per heavy atom. The molecule has 23 heavy (non-hydrogen) atoms. The maximum Gasteiger partial charge on any atom is 0.225 e. The highest BCUT2D eigenvalue weighted by atomic mass is 16.5. The number of rotatable bonds is 2. The van der Waals surface area contributed by atoms with Crippen molar-refractivity contribution in [3.63, 3.8) is 0 Å². The van der Waals surface area contributed by atoms with Crippen molar-refractivity contribution in [3.8, 4) is 0 Å². The highest BCUT2D eigenvalue weighted by Crippen LogP contribution is 2.25. The molecule has 3 heterocycles. The molecule has 1 aromatic heterocycles. The summed E-state index contributed by atoms with van der Waals surface area (Å²) >= 11 is 0. The second-order valence-corrected chi connectivity index (χ2v) is 6.20. The van der Waals surface area contributed by atoms with Gasteiger partial charge in [0.2, 0.25) is 11.8 Å². The largest absolute Gasteiger partial charge is 0.370 e. The van der Waals surface area contributed by atoms with Crippen molar-refractivity contribution in [1.82, 2.24) is 14.8 Å². The Morgan fingerprint density at radius 3 is 2.48 bits per heavy atom. The van der Waals surface area contributed by atoms with E-state index in [2.05, 4.69) is 4.98 Å². The van der Waals surface area contributed by atoms with Gasteiger partial charge in [-0.1, -0.05) is 0 Å². The van der Waals surface area contributed by atoms with Crippen LogP contribution in [0.25, 0.3) is 0 Å². The Balaban J connectivity index is 1.58. The molecular formula is C17H23N3O3. The van der Waals surface area contributed by atoms with Gasteiger partial charge in [0.25, 0.3) is 0 Å². The summed E-state index contributed by atoms with van der Waals surface area (Å²) in [5.41, 5.74) is 1.06. The molecule has 0 saturated carbocycles. The first-order chi connectivity index (χ1) is 11.1. The van der Waals surface area contributed by atoms with Crippen molar-refractivity contribution in [2.75, 3.05) is 32.8 Å². The summed E-state index contributed by atoms with van der Waals surface area (Å²) in [6.07, 6.45) is 4.94. The van der Waals surface area contributed by atoms with Crippen LogP contribution in [0.5, 0.6) is 0 Å². The first kappa shape index (κ1) is 15.9. The molecule has 0 spiro atoms. The van der Waals surface area contributed by atoms with Gasteiger partial charge in [0.15, 0.2) is 0 Å². The van der Waals surface area contributed by atoms with Gasteiger partial charge < -0.3 is 14.5 Å². The van der Waals surface area contributed by atoms with E-state index in [-0.39, 0.29) is 23.8 Å². The normalized spacial score (nSPS) is 22.9. The summed E-state index contributed by atoms with van der Waals surface area (Å²) in [7, 11) is 0. The van der Waals surface area contributed by atoms with Gasteiger partial charge in [-0.05, 0) is 30.5 Å². The van der Waals surface area contributed by atoms with Crippen molar-refractivity contribution in [2.45, 2.75) is 25.9 Å². The highest BCUT2D eigenvalue weighted by Gasteiger charge is 2.32. The van der Waals surface area contributed by atoms with E-state index in [1.54, 1.807) is 19.3 Å². The number of morpholine rings is 1. The molecule has 0 N–H and O–H groups in total. The summed E-state index contributed by atoms with van der Waals surface area (Å²) in [4.78, 5) is 31.9. The molecule has 1 unspecified atom stereocenters. The fourth-order valence-corrected chi connectivity index (χ4v) is 3.33. The van der Waals surface area contributed by atoms with Crippen molar-refractivity contribution in [3.05, 3.63) is 30.1 Å². The third-order valence-corrected chi connectivity index (χ3v) is 4.75. The smallest absolute Gasteiger partial charge is 0.225 e. The van der Waals surface area contributed by atoms with Gasteiger partial charge in [-0.15, -0.1) is 0 Å². The lowest BCUT2D eigenvalue weighted by atomic mass is 9.94. The number of piperidine rings is 1. The molecular weight excluding hydrogens is 294 g/mol. The Labute approximate surface area is 136 Å². The predicted octanol–water partition coefficient (Wildman–Crippen LogP) is 1.24. The average Bonchev–Trinajstić information content (AvgIpc) is 2.62. The molecule has 0 aliphatic carbocycles. The molecule has 0 radical (unpaired) electrons. The van der Waals surface area contributed by atoms with Gasteiger partial charge in [-0.3, -0.25) is 14.6 Å². The Bertz CT molecular complexity index is 555. The number of hydrogen-bond acceptors (Lipinski definition) is 4. The van der Waals surface area contributed by atoms with E-state index in [1.807, 2.05) is 21.9 Å². The number of carbonyl (C=O) groups excluding carboxylic acids is 2. The van der Waals surface area contributed by atoms with Gasteiger partial charge in [0.05, 0.1) is 13.2 Å². The number of likely N-dealkylation sites (tertiary alicyclic amines) is 1. The third-order valence-electron chi connectivity index (χ3n) is 4.75. The van der Waals surface area contributed by atoms with Crippen LogP contribution in [0.1, 0.15) is 31.4 Å². The molecule has 2 aliphatic rings. The first-order valence-corrected chi connectivity index (χ1v) is 8.21. The lowest BCUT2D eigenvalue weighted by Gasteiger charge is -2.37. The minimum atomic E-state index is -0.0759. The number of pyridine rings is 1. The predicted molar refractivity (Wildman–Crippen MR) is 84.5 cm³/mol. The topological polar surface area (TPSA) is 62.7 Å². The first-order valence-electron chi connectivity index (χ1n) is 8.21. The average molecular weight is 317 g/mol. The van der Waals surface area contributed by atoms with E-state index in [1.165, 1.54) is 0 Å². The van der Waals surface area contributed by atoms with Crippen LogP contribution >= 0.6 is 0 Å². The van der Waals surface area contributed by atoms with E-state index in [4.69, 9.17) is 4.74 Å². The van der Waals surface area contributed by atoms with Gasteiger partial charge in [-0.25, -0.2) is 0 Å². The lowest BCUT2D eigenvalue weighted by molar-refractivity contribution is -0.146. The van der Waals surface area contributed by atoms with E-state index in [9.17, 15) is 9.59 Å². The van der Waals surface area contributed by atoms with Crippen LogP contribution in [0.15, 0.2) is 24.5 Å². The van der Waals surface area contributed by atoms with Gasteiger partial charge in [0, 0.05) is 44.9 Å². The summed E-state index contributed by atoms with van der Waals surface area (Å²) in [5.74, 6) is 0.331. The van der Waals surface area contributed by atoms with Crippen molar-refractivity contribution >= 4 is 11.8 Å². The number of carbonyl (C=O) groups is 2. The second kappa shape index (κ2) is 7.08. The van der Waals surface area contributed by atoms with Crippen LogP contribution in [0.3, 0.4) is 0 Å². The number of amides is 2. The van der Waals surface area contributed by atoms with Crippen molar-refractivity contribution in [2.24, 2.45) is 5.92 Å². The summed E-state index contributed by atoms with van der Waals surface area (Å²) < 4.78 is 5.81. The standard InChI is InChI=1S/C17H23N3O3/c1-13(21)19-8-4-15(5-9-19)17(22)20-10-11-23-16(12-20)14-2-6-18-7-3-14/h2-3,6-7,15-16H,4-5,8-12H2,1H3. The van der Waals surface area contributed by atoms with Gasteiger partial charge in [-0.2, -0.15) is 0 Å². The molecule has 6 nitrogen and oxygen atoms in total. The molecule has 2 fully saturated rings. The number of ether oxygens (including phenoxy) is 1. The van der Waals surface area contributed by atoms with Crippen LogP contribution in [-0.2, 0) is 14.3 Å². The summed E-state index contributed by atoms with van der Waals surface area (Å²) in [6.45, 7) is 4.76. The highest BCUT2D eigenvalue weighted by molar-refractivity contribution is 5.80. The minimum absolute atomic E-state index is 0.0294. The van der Waals surface area contributed by atoms with Crippen LogP contribution in [-0.4, -0.2) is 59.4 Å². The molecule has 0 aromatic carbocycles. The molecule has 2 aliphatic heterocycles. The van der Waals surface area contributed by atoms with Crippen LogP contribution in [0.4, 0.5) is 0 Å². The van der Waals surface area contributed by atoms with Crippen LogP contribution < -0.4 is 0 Å². The Kier molecular flexibility index (Phi) is 4.91. The zero-order chi connectivity index (χ0) is 16.2. The fourth-order valence-electron chi connectivity index (χ4n) is 3.33. The van der Waals surface area contributed by atoms with E-state index in [0.717, 1.165) is 18.4 Å². The SMILES string of the molecule is CC(=O)N1CCC(C(=O)N2CCOC(c3ccncc3)C2)CC1. The Morgan fingerprint density at radius 2 is 1.83 bits per heavy atom. The second-order valence-electron chi connectivity index (χ2n) is 6.20. The fraction of sp³-hybridized carbons (Fsp3) is 0.588.